The number of phenolic OH excluding ortho intramolecular Hbond substituents is 1. The van der Waals surface area contributed by atoms with Crippen molar-refractivity contribution in [1.82, 2.24) is 0 Å². The molecule has 0 aliphatic carbocycles. The quantitative estimate of drug-likeness (QED) is 0.602. The second kappa shape index (κ2) is 1.50. The van der Waals surface area contributed by atoms with E-state index < -0.39 is 0 Å². The number of carbonyl (C=O) groups excluding carboxylic acids is 1. The molecule has 0 aromatic carbocycles. The maximum absolute atomic E-state index is 10.2. The third-order valence-corrected chi connectivity index (χ3v) is 1.48. The van der Waals surface area contributed by atoms with Crippen molar-refractivity contribution in [2.45, 2.75) is 0 Å². The molecule has 0 unspecified atom stereocenters. The zero-order chi connectivity index (χ0) is 7.14. The van der Waals surface area contributed by atoms with Crippen molar-refractivity contribution in [3.63, 3.8) is 0 Å². The monoisotopic (exact) mass is 136 g/mol. The largest absolute Gasteiger partial charge is 0.504 e. The van der Waals surface area contributed by atoms with E-state index in [1.165, 1.54) is 0 Å². The molecule has 50 valence electrons. The van der Waals surface area contributed by atoms with Gasteiger partial charge in [0, 0.05) is 0 Å². The molecule has 0 aliphatic heterocycles. The number of phenols is 1. The van der Waals surface area contributed by atoms with E-state index in [-0.39, 0.29) is 11.3 Å². The fraction of sp³-hybridized carbons (Fsp3) is 0. The summed E-state index contributed by atoms with van der Waals surface area (Å²) in [6.45, 7) is 0. The van der Waals surface area contributed by atoms with E-state index in [9.17, 15) is 4.79 Å². The van der Waals surface area contributed by atoms with Crippen molar-refractivity contribution in [2.75, 3.05) is 0 Å². The Labute approximate surface area is 56.2 Å². The third-order valence-electron chi connectivity index (χ3n) is 1.48. The van der Waals surface area contributed by atoms with E-state index in [2.05, 4.69) is 0 Å². The molecule has 0 atom stereocenters. The first kappa shape index (κ1) is 5.29. The van der Waals surface area contributed by atoms with Gasteiger partial charge in [-0.25, -0.2) is 0 Å². The van der Waals surface area contributed by atoms with Crippen molar-refractivity contribution in [3.8, 4) is 5.75 Å². The smallest absolute Gasteiger partial charge is 0.172 e. The lowest BCUT2D eigenvalue weighted by Crippen LogP contribution is -1.75. The van der Waals surface area contributed by atoms with E-state index in [4.69, 9.17) is 9.52 Å². The number of hydrogen-bond donors (Lipinski definition) is 1. The topological polar surface area (TPSA) is 50.4 Å². The van der Waals surface area contributed by atoms with Crippen LogP contribution in [0, 0.1) is 0 Å². The summed E-state index contributed by atoms with van der Waals surface area (Å²) in [6, 6.07) is 3.27. The molecule has 2 aromatic heterocycles. The molecule has 0 saturated carbocycles. The molecular weight excluding hydrogens is 132 g/mol. The first-order valence-corrected chi connectivity index (χ1v) is 2.82. The molecule has 0 radical (unpaired) electrons. The molecule has 0 saturated heterocycles. The van der Waals surface area contributed by atoms with Gasteiger partial charge in [0.15, 0.2) is 17.6 Å². The van der Waals surface area contributed by atoms with Gasteiger partial charge in [0.25, 0.3) is 0 Å². The summed E-state index contributed by atoms with van der Waals surface area (Å²) in [5.74, 6) is -0.0486. The number of fused-ring (bicyclic) bond motifs is 2. The number of hydrogen-bond acceptors (Lipinski definition) is 3. The zero-order valence-corrected chi connectivity index (χ0v) is 5.00. The molecule has 2 rings (SSSR count). The number of aldehydes is 1. The minimum absolute atomic E-state index is 0.0486. The van der Waals surface area contributed by atoms with Crippen LogP contribution in [-0.4, -0.2) is 11.4 Å². The van der Waals surface area contributed by atoms with Crippen LogP contribution in [0.5, 0.6) is 5.75 Å². The molecule has 3 heteroatoms. The van der Waals surface area contributed by atoms with Gasteiger partial charge in [-0.2, -0.15) is 0 Å². The van der Waals surface area contributed by atoms with E-state index in [0.29, 0.717) is 17.5 Å². The Morgan fingerprint density at radius 1 is 1.40 bits per heavy atom. The van der Waals surface area contributed by atoms with Crippen LogP contribution in [-0.2, 0) is 0 Å². The number of aromatic hydroxyl groups is 1. The van der Waals surface area contributed by atoms with E-state index in [1.807, 2.05) is 0 Å². The number of furan rings is 2. The van der Waals surface area contributed by atoms with E-state index in [0.717, 1.165) is 0 Å². The molecule has 3 nitrogen and oxygen atoms in total. The van der Waals surface area contributed by atoms with Crippen molar-refractivity contribution in [3.05, 3.63) is 17.7 Å². The highest BCUT2D eigenvalue weighted by Crippen LogP contribution is 2.32. The summed E-state index contributed by atoms with van der Waals surface area (Å²) >= 11 is 0. The van der Waals surface area contributed by atoms with Crippen molar-refractivity contribution < 1.29 is 14.3 Å². The minimum atomic E-state index is -0.0486. The predicted octanol–water partition coefficient (Wildman–Crippen LogP) is 1.39. The molecule has 2 aromatic rings. The second-order valence-electron chi connectivity index (χ2n) is 2.04. The molecule has 0 amide bonds. The van der Waals surface area contributed by atoms with Gasteiger partial charge >= 0.3 is 0 Å². The van der Waals surface area contributed by atoms with Gasteiger partial charge in [-0.05, 0) is 12.1 Å². The first-order chi connectivity index (χ1) is 4.83. The van der Waals surface area contributed by atoms with Gasteiger partial charge in [0.2, 0.25) is 0 Å². The van der Waals surface area contributed by atoms with E-state index in [1.54, 1.807) is 12.1 Å². The van der Waals surface area contributed by atoms with Crippen LogP contribution in [0.25, 0.3) is 11.2 Å². The average Bonchev–Trinajstić information content (AvgIpc) is 2.46. The summed E-state index contributed by atoms with van der Waals surface area (Å²) in [7, 11) is 0. The second-order valence-corrected chi connectivity index (χ2v) is 2.04. The molecule has 0 aliphatic rings. The number of benzene rings is 1. The van der Waals surface area contributed by atoms with Crippen LogP contribution in [0.1, 0.15) is 10.4 Å². The Kier molecular flexibility index (Phi) is 0.795. The van der Waals surface area contributed by atoms with Gasteiger partial charge in [0.1, 0.15) is 11.1 Å². The Hall–Kier alpha value is -1.51. The molecule has 0 spiro atoms. The predicted molar refractivity (Wildman–Crippen MR) is 34.5 cm³/mol. The molecular formula is C7H4O3. The fourth-order valence-electron chi connectivity index (χ4n) is 0.973. The summed E-state index contributed by atoms with van der Waals surface area (Å²) in [4.78, 5) is 10.2. The normalized spacial score (nSPS) is 10.8. The van der Waals surface area contributed by atoms with Gasteiger partial charge < -0.3 is 9.52 Å². The molecule has 0 fully saturated rings. The van der Waals surface area contributed by atoms with E-state index >= 15 is 0 Å². The maximum atomic E-state index is 10.2. The van der Waals surface area contributed by atoms with Crippen LogP contribution in [0.15, 0.2) is 16.5 Å². The van der Waals surface area contributed by atoms with Crippen molar-refractivity contribution in [1.29, 1.82) is 0 Å². The number of carbonyl (C=O) groups is 1. The van der Waals surface area contributed by atoms with Crippen molar-refractivity contribution >= 4 is 17.5 Å². The van der Waals surface area contributed by atoms with Gasteiger partial charge in [-0.3, -0.25) is 4.79 Å². The van der Waals surface area contributed by atoms with Crippen LogP contribution < -0.4 is 0 Å². The highest BCUT2D eigenvalue weighted by atomic mass is 16.4. The lowest BCUT2D eigenvalue weighted by molar-refractivity contribution is 0.112. The third kappa shape index (κ3) is 0.424. The SMILES string of the molecule is O=Cc1c(O)c2ccc1o2. The average molecular weight is 136 g/mol. The van der Waals surface area contributed by atoms with Gasteiger partial charge in [-0.1, -0.05) is 0 Å². The van der Waals surface area contributed by atoms with Crippen LogP contribution >= 0.6 is 0 Å². The summed E-state index contributed by atoms with van der Waals surface area (Å²) in [6.07, 6.45) is 0.584. The Balaban J connectivity index is 2.90. The summed E-state index contributed by atoms with van der Waals surface area (Å²) in [5, 5.41) is 9.09. The summed E-state index contributed by atoms with van der Waals surface area (Å²) in [5.41, 5.74) is 1.07. The van der Waals surface area contributed by atoms with Crippen molar-refractivity contribution in [2.24, 2.45) is 0 Å². The lowest BCUT2D eigenvalue weighted by atomic mass is 10.2. The molecule has 1 N–H and O–H groups in total. The highest BCUT2D eigenvalue weighted by Gasteiger charge is 2.13. The van der Waals surface area contributed by atoms with Gasteiger partial charge in [-0.15, -0.1) is 0 Å². The lowest BCUT2D eigenvalue weighted by Gasteiger charge is -1.84. The highest BCUT2D eigenvalue weighted by molar-refractivity contribution is 5.95. The first-order valence-electron chi connectivity index (χ1n) is 2.82. The minimum Gasteiger partial charge on any atom is -0.504 e. The van der Waals surface area contributed by atoms with Crippen LogP contribution in [0.3, 0.4) is 0 Å². The Morgan fingerprint density at radius 2 is 2.10 bits per heavy atom. The molecule has 10 heavy (non-hydrogen) atoms. The number of rotatable bonds is 1. The molecule has 2 heterocycles. The zero-order valence-electron chi connectivity index (χ0n) is 5.00. The Bertz CT molecular complexity index is 361. The maximum Gasteiger partial charge on any atom is 0.172 e. The fourth-order valence-corrected chi connectivity index (χ4v) is 0.973. The van der Waals surface area contributed by atoms with Crippen LogP contribution in [0.4, 0.5) is 0 Å². The van der Waals surface area contributed by atoms with Gasteiger partial charge in [0.05, 0.1) is 0 Å². The van der Waals surface area contributed by atoms with Crippen LogP contribution in [0.2, 0.25) is 0 Å². The standard InChI is InChI=1S/C7H4O3/c8-3-4-5-1-2-6(10-5)7(4)9/h1-3,9H. The Morgan fingerprint density at radius 3 is 2.50 bits per heavy atom. The summed E-state index contributed by atoms with van der Waals surface area (Å²) < 4.78 is 4.95. The molecule has 2 bridgehead atoms.